The number of benzene rings is 2. The van der Waals surface area contributed by atoms with E-state index in [-0.39, 0.29) is 13.2 Å². The maximum absolute atomic E-state index is 12.4. The first-order valence-corrected chi connectivity index (χ1v) is 9.02. The first-order chi connectivity index (χ1) is 14.0. The lowest BCUT2D eigenvalue weighted by atomic mass is 9.96. The van der Waals surface area contributed by atoms with Gasteiger partial charge in [-0.2, -0.15) is 0 Å². The summed E-state index contributed by atoms with van der Waals surface area (Å²) in [6.45, 7) is 1.78. The minimum Gasteiger partial charge on any atom is -0.491 e. The maximum atomic E-state index is 12.4. The second-order valence-corrected chi connectivity index (χ2v) is 6.16. The van der Waals surface area contributed by atoms with Crippen molar-refractivity contribution in [3.8, 4) is 5.75 Å². The fourth-order valence-electron chi connectivity index (χ4n) is 2.59. The van der Waals surface area contributed by atoms with Crippen molar-refractivity contribution in [1.29, 1.82) is 0 Å². The first kappa shape index (κ1) is 21.9. The third kappa shape index (κ3) is 7.28. The summed E-state index contributed by atoms with van der Waals surface area (Å²) in [6.07, 6.45) is 1.28. The van der Waals surface area contributed by atoms with Crippen LogP contribution in [0.3, 0.4) is 0 Å². The fraction of sp³-hybridized carbons (Fsp3) is 0.238. The SMILES string of the molecule is C[C@H](/C=C/C(=O)NO)[C@H](OC(=O)Nc1ccccc1)c1cccc(OCCO)c1. The summed E-state index contributed by atoms with van der Waals surface area (Å²) in [5.74, 6) is -0.579. The molecule has 0 unspecified atom stereocenters. The number of amides is 2. The van der Waals surface area contributed by atoms with Gasteiger partial charge in [0.1, 0.15) is 18.5 Å². The van der Waals surface area contributed by atoms with E-state index in [9.17, 15) is 9.59 Å². The number of ether oxygens (including phenoxy) is 2. The highest BCUT2D eigenvalue weighted by molar-refractivity contribution is 5.86. The molecule has 8 nitrogen and oxygen atoms in total. The smallest absolute Gasteiger partial charge is 0.412 e. The molecular formula is C21H24N2O6. The van der Waals surface area contributed by atoms with Crippen LogP contribution in [0.25, 0.3) is 0 Å². The van der Waals surface area contributed by atoms with Gasteiger partial charge in [-0.15, -0.1) is 0 Å². The van der Waals surface area contributed by atoms with Crippen LogP contribution >= 0.6 is 0 Å². The zero-order valence-electron chi connectivity index (χ0n) is 15.9. The lowest BCUT2D eigenvalue weighted by Gasteiger charge is -2.23. The van der Waals surface area contributed by atoms with E-state index in [1.165, 1.54) is 11.6 Å². The Bertz CT molecular complexity index is 825. The Labute approximate surface area is 168 Å². The van der Waals surface area contributed by atoms with E-state index in [4.69, 9.17) is 19.8 Å². The molecule has 2 rings (SSSR count). The predicted octanol–water partition coefficient (Wildman–Crippen LogP) is 3.05. The number of hydrogen-bond acceptors (Lipinski definition) is 6. The molecule has 0 saturated carbocycles. The second-order valence-electron chi connectivity index (χ2n) is 6.16. The number of hydrogen-bond donors (Lipinski definition) is 4. The molecule has 0 aromatic heterocycles. The van der Waals surface area contributed by atoms with Crippen LogP contribution in [0.2, 0.25) is 0 Å². The van der Waals surface area contributed by atoms with Crippen LogP contribution in [0.1, 0.15) is 18.6 Å². The molecule has 0 bridgehead atoms. The van der Waals surface area contributed by atoms with Crippen molar-refractivity contribution in [3.05, 3.63) is 72.3 Å². The Morgan fingerprint density at radius 3 is 2.59 bits per heavy atom. The number of para-hydroxylation sites is 1. The predicted molar refractivity (Wildman–Crippen MR) is 107 cm³/mol. The van der Waals surface area contributed by atoms with Crippen molar-refractivity contribution < 1.29 is 29.4 Å². The third-order valence-corrected chi connectivity index (χ3v) is 3.94. The molecule has 2 atom stereocenters. The summed E-state index contributed by atoms with van der Waals surface area (Å²) in [5, 5.41) is 20.2. The number of hydroxylamine groups is 1. The Balaban J connectivity index is 2.21. The molecule has 4 N–H and O–H groups in total. The molecule has 0 saturated heterocycles. The summed E-state index contributed by atoms with van der Waals surface area (Å²) in [6, 6.07) is 15.8. The molecular weight excluding hydrogens is 376 g/mol. The number of aliphatic hydroxyl groups is 1. The number of carbonyl (C=O) groups excluding carboxylic acids is 2. The molecule has 154 valence electrons. The molecule has 29 heavy (non-hydrogen) atoms. The van der Waals surface area contributed by atoms with Crippen LogP contribution in [-0.2, 0) is 9.53 Å². The average molecular weight is 400 g/mol. The lowest BCUT2D eigenvalue weighted by Crippen LogP contribution is -2.22. The molecule has 0 fully saturated rings. The van der Waals surface area contributed by atoms with E-state index in [0.717, 1.165) is 6.08 Å². The van der Waals surface area contributed by atoms with E-state index in [2.05, 4.69) is 5.32 Å². The highest BCUT2D eigenvalue weighted by Gasteiger charge is 2.23. The monoisotopic (exact) mass is 400 g/mol. The highest BCUT2D eigenvalue weighted by Crippen LogP contribution is 2.30. The number of rotatable bonds is 9. The summed E-state index contributed by atoms with van der Waals surface area (Å²) in [4.78, 5) is 23.7. The Morgan fingerprint density at radius 1 is 1.14 bits per heavy atom. The first-order valence-electron chi connectivity index (χ1n) is 9.02. The van der Waals surface area contributed by atoms with E-state index in [1.807, 2.05) is 6.07 Å². The molecule has 2 aromatic carbocycles. The van der Waals surface area contributed by atoms with Crippen molar-refractivity contribution >= 4 is 17.7 Å². The normalized spacial score (nSPS) is 12.8. The molecule has 0 heterocycles. The largest absolute Gasteiger partial charge is 0.491 e. The standard InChI is InChI=1S/C21H24N2O6/c1-15(10-11-19(25)23-27)20(16-6-5-9-18(14-16)28-13-12-24)29-21(26)22-17-7-3-2-4-8-17/h2-11,14-15,20,24,27H,12-13H2,1H3,(H,22,26)(H,23,25)/b11-10+/t15-,20+/m1/s1. The van der Waals surface area contributed by atoms with E-state index in [1.54, 1.807) is 55.5 Å². The van der Waals surface area contributed by atoms with Crippen molar-refractivity contribution in [3.63, 3.8) is 0 Å². The van der Waals surface area contributed by atoms with Crippen molar-refractivity contribution in [2.75, 3.05) is 18.5 Å². The topological polar surface area (TPSA) is 117 Å². The summed E-state index contributed by atoms with van der Waals surface area (Å²) < 4.78 is 11.0. The summed E-state index contributed by atoms with van der Waals surface area (Å²) in [5.41, 5.74) is 2.74. The molecule has 0 aliphatic carbocycles. The van der Waals surface area contributed by atoms with Crippen LogP contribution in [0.4, 0.5) is 10.5 Å². The van der Waals surface area contributed by atoms with Crippen LogP contribution in [0.5, 0.6) is 5.75 Å². The van der Waals surface area contributed by atoms with Gasteiger partial charge in [0.25, 0.3) is 5.91 Å². The van der Waals surface area contributed by atoms with Gasteiger partial charge in [0.15, 0.2) is 0 Å². The third-order valence-electron chi connectivity index (χ3n) is 3.94. The van der Waals surface area contributed by atoms with Crippen LogP contribution in [0.15, 0.2) is 66.7 Å². The highest BCUT2D eigenvalue weighted by atomic mass is 16.6. The molecule has 0 radical (unpaired) electrons. The van der Waals surface area contributed by atoms with E-state index >= 15 is 0 Å². The number of carbonyl (C=O) groups is 2. The zero-order chi connectivity index (χ0) is 21.1. The van der Waals surface area contributed by atoms with Gasteiger partial charge < -0.3 is 14.6 Å². The van der Waals surface area contributed by atoms with Crippen molar-refractivity contribution in [2.24, 2.45) is 5.92 Å². The van der Waals surface area contributed by atoms with E-state index < -0.39 is 24.0 Å². The summed E-state index contributed by atoms with van der Waals surface area (Å²) >= 11 is 0. The molecule has 2 aromatic rings. The Hall–Kier alpha value is -3.36. The van der Waals surface area contributed by atoms with Crippen molar-refractivity contribution in [2.45, 2.75) is 13.0 Å². The number of anilines is 1. The van der Waals surface area contributed by atoms with Gasteiger partial charge >= 0.3 is 6.09 Å². The minimum absolute atomic E-state index is 0.126. The van der Waals surface area contributed by atoms with E-state index in [0.29, 0.717) is 17.0 Å². The Kier molecular flexibility index (Phi) is 8.68. The minimum atomic E-state index is -0.737. The maximum Gasteiger partial charge on any atom is 0.412 e. The van der Waals surface area contributed by atoms with Crippen LogP contribution in [-0.4, -0.2) is 35.5 Å². The van der Waals surface area contributed by atoms with Crippen LogP contribution in [0, 0.1) is 5.92 Å². The van der Waals surface area contributed by atoms with Crippen molar-refractivity contribution in [1.82, 2.24) is 5.48 Å². The number of nitrogens with one attached hydrogen (secondary N) is 2. The average Bonchev–Trinajstić information content (AvgIpc) is 2.75. The van der Waals surface area contributed by atoms with Gasteiger partial charge in [0.05, 0.1) is 6.61 Å². The van der Waals surface area contributed by atoms with Crippen LogP contribution < -0.4 is 15.5 Å². The number of aliphatic hydroxyl groups excluding tert-OH is 1. The van der Waals surface area contributed by atoms with Gasteiger partial charge in [-0.3, -0.25) is 15.3 Å². The Morgan fingerprint density at radius 2 is 1.90 bits per heavy atom. The van der Waals surface area contributed by atoms with Gasteiger partial charge in [-0.1, -0.05) is 43.3 Å². The van der Waals surface area contributed by atoms with Gasteiger partial charge in [-0.05, 0) is 29.8 Å². The quantitative estimate of drug-likeness (QED) is 0.292. The van der Waals surface area contributed by atoms with Gasteiger partial charge in [-0.25, -0.2) is 10.3 Å². The molecule has 0 aliphatic heterocycles. The molecule has 0 spiro atoms. The second kappa shape index (κ2) is 11.5. The van der Waals surface area contributed by atoms with Gasteiger partial charge in [0.2, 0.25) is 0 Å². The van der Waals surface area contributed by atoms with Gasteiger partial charge in [0, 0.05) is 17.7 Å². The fourth-order valence-corrected chi connectivity index (χ4v) is 2.59. The molecule has 0 aliphatic rings. The summed E-state index contributed by atoms with van der Waals surface area (Å²) in [7, 11) is 0. The molecule has 8 heteroatoms. The lowest BCUT2D eigenvalue weighted by molar-refractivity contribution is -0.124. The molecule has 2 amide bonds. The zero-order valence-corrected chi connectivity index (χ0v) is 15.9.